The van der Waals surface area contributed by atoms with Crippen LogP contribution in [0.5, 0.6) is 5.75 Å². The Morgan fingerprint density at radius 2 is 1.78 bits per heavy atom. The summed E-state index contributed by atoms with van der Waals surface area (Å²) in [6, 6.07) is 18.6. The molecule has 192 valence electrons. The summed E-state index contributed by atoms with van der Waals surface area (Å²) in [5.41, 5.74) is 4.20. The van der Waals surface area contributed by atoms with Gasteiger partial charge in [-0.2, -0.15) is 0 Å². The zero-order valence-electron chi connectivity index (χ0n) is 21.5. The molecule has 0 unspecified atom stereocenters. The van der Waals surface area contributed by atoms with Gasteiger partial charge in [0.05, 0.1) is 6.42 Å². The first-order valence-corrected chi connectivity index (χ1v) is 12.8. The van der Waals surface area contributed by atoms with E-state index in [9.17, 15) is 19.1 Å². The van der Waals surface area contributed by atoms with E-state index in [1.807, 2.05) is 49.9 Å². The molecule has 37 heavy (non-hydrogen) atoms. The number of hydrogen-bond donors (Lipinski definition) is 1. The van der Waals surface area contributed by atoms with Crippen LogP contribution in [0.1, 0.15) is 55.4 Å². The normalized spacial score (nSPS) is 18.8. The second kappa shape index (κ2) is 9.66. The first-order valence-electron chi connectivity index (χ1n) is 12.8. The van der Waals surface area contributed by atoms with Gasteiger partial charge in [-0.05, 0) is 85.5 Å². The number of fused-ring (bicyclic) bond motifs is 1. The van der Waals surface area contributed by atoms with Gasteiger partial charge < -0.3 is 14.7 Å². The number of amides is 1. The van der Waals surface area contributed by atoms with Gasteiger partial charge in [0, 0.05) is 24.6 Å². The molecule has 0 radical (unpaired) electrons. The molecule has 3 aromatic carbocycles. The summed E-state index contributed by atoms with van der Waals surface area (Å²) >= 11 is 0. The van der Waals surface area contributed by atoms with Crippen molar-refractivity contribution in [2.24, 2.45) is 5.92 Å². The van der Waals surface area contributed by atoms with Crippen molar-refractivity contribution >= 4 is 11.9 Å². The molecule has 3 aromatic rings. The summed E-state index contributed by atoms with van der Waals surface area (Å²) in [6.07, 6.45) is 1.15. The molecule has 0 saturated heterocycles. The topological polar surface area (TPSA) is 66.8 Å². The summed E-state index contributed by atoms with van der Waals surface area (Å²) in [6.45, 7) is 6.63. The molecule has 1 saturated carbocycles. The lowest BCUT2D eigenvalue weighted by molar-refractivity contribution is -0.136. The molecular weight excluding hydrogens is 469 g/mol. The number of carbonyl (C=O) groups is 2. The van der Waals surface area contributed by atoms with E-state index in [1.165, 1.54) is 11.6 Å². The van der Waals surface area contributed by atoms with Crippen LogP contribution in [-0.4, -0.2) is 34.0 Å². The van der Waals surface area contributed by atoms with Crippen molar-refractivity contribution in [2.75, 3.05) is 6.54 Å². The van der Waals surface area contributed by atoms with Crippen LogP contribution in [0.3, 0.4) is 0 Å². The molecule has 5 nitrogen and oxygen atoms in total. The Morgan fingerprint density at radius 1 is 1.03 bits per heavy atom. The largest absolute Gasteiger partial charge is 0.488 e. The standard InChI is InChI=1S/C31H32FNO4/c1-31(2,3)37-28-12-9-19(16-29(34)35)15-24(28)21-10-11-27(32)22-13-14-33(18-26(21)22)30(36)25-17-23(25)20-7-5-4-6-8-20/h4-12,15,23,25H,13-14,16-18H2,1-3H3,(H,34,35)/t23-,25+/m0/s1. The average molecular weight is 502 g/mol. The molecule has 0 bridgehead atoms. The van der Waals surface area contributed by atoms with Gasteiger partial charge in [-0.3, -0.25) is 9.59 Å². The van der Waals surface area contributed by atoms with E-state index < -0.39 is 11.6 Å². The Labute approximate surface area is 216 Å². The van der Waals surface area contributed by atoms with Gasteiger partial charge in [0.2, 0.25) is 5.91 Å². The van der Waals surface area contributed by atoms with E-state index in [4.69, 9.17) is 4.74 Å². The molecule has 1 fully saturated rings. The molecule has 1 N–H and O–H groups in total. The van der Waals surface area contributed by atoms with Crippen LogP contribution < -0.4 is 4.74 Å². The van der Waals surface area contributed by atoms with Gasteiger partial charge in [0.1, 0.15) is 17.2 Å². The SMILES string of the molecule is CC(C)(C)Oc1ccc(CC(=O)O)cc1-c1ccc(F)c2c1CN(C(=O)[C@@H]1C[C@H]1c1ccccc1)CC2. The van der Waals surface area contributed by atoms with Gasteiger partial charge in [-0.25, -0.2) is 4.39 Å². The minimum absolute atomic E-state index is 0.0420. The molecule has 6 heteroatoms. The summed E-state index contributed by atoms with van der Waals surface area (Å²) < 4.78 is 21.2. The number of ether oxygens (including phenoxy) is 1. The second-order valence-corrected chi connectivity index (χ2v) is 11.0. The Balaban J connectivity index is 1.49. The smallest absolute Gasteiger partial charge is 0.307 e. The first-order chi connectivity index (χ1) is 17.6. The summed E-state index contributed by atoms with van der Waals surface area (Å²) in [7, 11) is 0. The van der Waals surface area contributed by atoms with Crippen molar-refractivity contribution < 1.29 is 23.8 Å². The zero-order chi connectivity index (χ0) is 26.3. The molecule has 1 aliphatic heterocycles. The van der Waals surface area contributed by atoms with Crippen LogP contribution in [0, 0.1) is 11.7 Å². The molecule has 0 aromatic heterocycles. The fourth-order valence-corrected chi connectivity index (χ4v) is 5.33. The molecule has 2 aliphatic rings. The predicted molar refractivity (Wildman–Crippen MR) is 140 cm³/mol. The van der Waals surface area contributed by atoms with E-state index in [1.54, 1.807) is 18.2 Å². The molecule has 1 aliphatic carbocycles. The minimum atomic E-state index is -0.925. The maximum absolute atomic E-state index is 15.0. The number of aliphatic carboxylic acids is 1. The Morgan fingerprint density at radius 3 is 2.49 bits per heavy atom. The van der Waals surface area contributed by atoms with Gasteiger partial charge >= 0.3 is 5.97 Å². The lowest BCUT2D eigenvalue weighted by Gasteiger charge is -2.32. The average Bonchev–Trinajstić information content (AvgIpc) is 3.65. The summed E-state index contributed by atoms with van der Waals surface area (Å²) in [5, 5.41) is 9.35. The number of carboxylic acids is 1. The fraction of sp³-hybridized carbons (Fsp3) is 0.355. The Hall–Kier alpha value is -3.67. The van der Waals surface area contributed by atoms with Crippen molar-refractivity contribution in [3.63, 3.8) is 0 Å². The van der Waals surface area contributed by atoms with Crippen molar-refractivity contribution in [3.8, 4) is 16.9 Å². The monoisotopic (exact) mass is 501 g/mol. The predicted octanol–water partition coefficient (Wildman–Crippen LogP) is 5.99. The van der Waals surface area contributed by atoms with E-state index >= 15 is 0 Å². The number of benzene rings is 3. The van der Waals surface area contributed by atoms with E-state index in [0.29, 0.717) is 42.0 Å². The van der Waals surface area contributed by atoms with Gasteiger partial charge in [-0.1, -0.05) is 42.5 Å². The lowest BCUT2D eigenvalue weighted by atomic mass is 9.89. The number of carbonyl (C=O) groups excluding carboxylic acids is 1. The van der Waals surface area contributed by atoms with Crippen molar-refractivity contribution in [2.45, 2.75) is 58.1 Å². The fourth-order valence-electron chi connectivity index (χ4n) is 5.33. The first kappa shape index (κ1) is 25.0. The van der Waals surface area contributed by atoms with Crippen LogP contribution in [-0.2, 0) is 29.0 Å². The maximum Gasteiger partial charge on any atom is 0.307 e. The van der Waals surface area contributed by atoms with Crippen LogP contribution >= 0.6 is 0 Å². The minimum Gasteiger partial charge on any atom is -0.488 e. The number of hydrogen-bond acceptors (Lipinski definition) is 3. The third kappa shape index (κ3) is 5.38. The highest BCUT2D eigenvalue weighted by molar-refractivity contribution is 5.84. The van der Waals surface area contributed by atoms with Crippen molar-refractivity contribution in [1.82, 2.24) is 4.90 Å². The van der Waals surface area contributed by atoms with Crippen LogP contribution in [0.25, 0.3) is 11.1 Å². The number of halogens is 1. The molecular formula is C31H32FNO4. The highest BCUT2D eigenvalue weighted by atomic mass is 19.1. The van der Waals surface area contributed by atoms with E-state index in [0.717, 1.165) is 17.5 Å². The number of rotatable bonds is 6. The highest BCUT2D eigenvalue weighted by Crippen LogP contribution is 2.49. The third-order valence-corrected chi connectivity index (χ3v) is 7.11. The summed E-state index contributed by atoms with van der Waals surface area (Å²) in [5.74, 6) is -0.294. The molecule has 2 atom stereocenters. The second-order valence-electron chi connectivity index (χ2n) is 11.0. The van der Waals surface area contributed by atoms with Gasteiger partial charge in [0.25, 0.3) is 0 Å². The quantitative estimate of drug-likeness (QED) is 0.451. The molecule has 1 heterocycles. The molecule has 5 rings (SSSR count). The molecule has 0 spiro atoms. The zero-order valence-corrected chi connectivity index (χ0v) is 21.5. The Bertz CT molecular complexity index is 1350. The summed E-state index contributed by atoms with van der Waals surface area (Å²) in [4.78, 5) is 26.7. The number of nitrogens with zero attached hydrogens (tertiary/aromatic N) is 1. The van der Waals surface area contributed by atoms with E-state index in [2.05, 4.69) is 12.1 Å². The van der Waals surface area contributed by atoms with Gasteiger partial charge in [0.15, 0.2) is 0 Å². The molecule has 1 amide bonds. The van der Waals surface area contributed by atoms with Gasteiger partial charge in [-0.15, -0.1) is 0 Å². The maximum atomic E-state index is 15.0. The lowest BCUT2D eigenvalue weighted by Crippen LogP contribution is -2.37. The number of carboxylic acid groups (broad SMARTS) is 1. The van der Waals surface area contributed by atoms with Crippen LogP contribution in [0.4, 0.5) is 4.39 Å². The van der Waals surface area contributed by atoms with Crippen molar-refractivity contribution in [1.29, 1.82) is 0 Å². The third-order valence-electron chi connectivity index (χ3n) is 7.11. The van der Waals surface area contributed by atoms with E-state index in [-0.39, 0.29) is 30.0 Å². The highest BCUT2D eigenvalue weighted by Gasteiger charge is 2.46. The van der Waals surface area contributed by atoms with Crippen molar-refractivity contribution in [3.05, 3.63) is 88.7 Å². The van der Waals surface area contributed by atoms with Crippen LogP contribution in [0.2, 0.25) is 0 Å². The Kier molecular flexibility index (Phi) is 6.52. The van der Waals surface area contributed by atoms with Crippen LogP contribution in [0.15, 0.2) is 60.7 Å².